The minimum absolute atomic E-state index is 0.112. The van der Waals surface area contributed by atoms with Gasteiger partial charge in [0.15, 0.2) is 9.84 Å². The minimum atomic E-state index is -3.27. The Labute approximate surface area is 146 Å². The third kappa shape index (κ3) is 3.99. The van der Waals surface area contributed by atoms with Gasteiger partial charge in [0.05, 0.1) is 4.90 Å². The van der Waals surface area contributed by atoms with Crippen LogP contribution in [0.25, 0.3) is 0 Å². The quantitative estimate of drug-likeness (QED) is 0.840. The van der Waals surface area contributed by atoms with E-state index in [1.54, 1.807) is 29.2 Å². The standard InChI is InChI=1S/C18H19FN2O3S/c1-25(23,24)17-8-2-14(3-9-17)18(22)21-12-10-20(11-13-21)16-6-4-15(19)5-7-16/h2-9H,10-13H2,1H3. The summed E-state index contributed by atoms with van der Waals surface area (Å²) in [4.78, 5) is 16.6. The highest BCUT2D eigenvalue weighted by molar-refractivity contribution is 7.90. The van der Waals surface area contributed by atoms with Crippen molar-refractivity contribution in [3.05, 3.63) is 59.9 Å². The molecular formula is C18H19FN2O3S. The predicted molar refractivity (Wildman–Crippen MR) is 94.1 cm³/mol. The number of halogens is 1. The van der Waals surface area contributed by atoms with Crippen LogP contribution in [-0.4, -0.2) is 51.7 Å². The van der Waals surface area contributed by atoms with Crippen molar-refractivity contribution in [2.24, 2.45) is 0 Å². The molecule has 0 atom stereocenters. The number of sulfone groups is 1. The molecule has 1 saturated heterocycles. The molecule has 0 bridgehead atoms. The Morgan fingerprint density at radius 2 is 1.48 bits per heavy atom. The fourth-order valence-corrected chi connectivity index (χ4v) is 3.48. The second-order valence-electron chi connectivity index (χ2n) is 6.05. The van der Waals surface area contributed by atoms with E-state index < -0.39 is 9.84 Å². The maximum absolute atomic E-state index is 13.0. The van der Waals surface area contributed by atoms with E-state index in [1.165, 1.54) is 24.3 Å². The molecule has 0 saturated carbocycles. The van der Waals surface area contributed by atoms with E-state index in [0.717, 1.165) is 11.9 Å². The van der Waals surface area contributed by atoms with Gasteiger partial charge in [-0.1, -0.05) is 0 Å². The predicted octanol–water partition coefficient (Wildman–Crippen LogP) is 2.19. The van der Waals surface area contributed by atoms with Crippen LogP contribution in [0.2, 0.25) is 0 Å². The van der Waals surface area contributed by atoms with E-state index in [4.69, 9.17) is 0 Å². The zero-order chi connectivity index (χ0) is 18.0. The molecule has 0 aliphatic carbocycles. The Bertz CT molecular complexity index is 856. The Morgan fingerprint density at radius 1 is 0.920 bits per heavy atom. The lowest BCUT2D eigenvalue weighted by molar-refractivity contribution is 0.0746. The Morgan fingerprint density at radius 3 is 2.00 bits per heavy atom. The summed E-state index contributed by atoms with van der Waals surface area (Å²) in [6.45, 7) is 2.45. The number of hydrogen-bond acceptors (Lipinski definition) is 4. The van der Waals surface area contributed by atoms with Crippen molar-refractivity contribution in [2.45, 2.75) is 4.90 Å². The topological polar surface area (TPSA) is 57.7 Å². The molecule has 0 aromatic heterocycles. The summed E-state index contributed by atoms with van der Waals surface area (Å²) in [5.41, 5.74) is 1.41. The van der Waals surface area contributed by atoms with E-state index in [0.29, 0.717) is 31.7 Å². The Hall–Kier alpha value is -2.41. The fourth-order valence-electron chi connectivity index (χ4n) is 2.85. The van der Waals surface area contributed by atoms with Gasteiger partial charge in [-0.15, -0.1) is 0 Å². The second-order valence-corrected chi connectivity index (χ2v) is 8.07. The molecule has 0 radical (unpaired) electrons. The number of anilines is 1. The zero-order valence-electron chi connectivity index (χ0n) is 13.9. The van der Waals surface area contributed by atoms with Crippen LogP contribution in [0.5, 0.6) is 0 Å². The zero-order valence-corrected chi connectivity index (χ0v) is 14.7. The smallest absolute Gasteiger partial charge is 0.253 e. The van der Waals surface area contributed by atoms with Crippen molar-refractivity contribution in [1.82, 2.24) is 4.90 Å². The first-order valence-electron chi connectivity index (χ1n) is 7.94. The van der Waals surface area contributed by atoms with Crippen LogP contribution in [0.15, 0.2) is 53.4 Å². The first kappa shape index (κ1) is 17.4. The van der Waals surface area contributed by atoms with Gasteiger partial charge in [-0.25, -0.2) is 12.8 Å². The van der Waals surface area contributed by atoms with Crippen LogP contribution in [-0.2, 0) is 9.84 Å². The highest BCUT2D eigenvalue weighted by atomic mass is 32.2. The average Bonchev–Trinajstić information content (AvgIpc) is 2.61. The summed E-state index contributed by atoms with van der Waals surface area (Å²) in [5, 5.41) is 0. The molecule has 0 unspecified atom stereocenters. The molecule has 1 amide bonds. The van der Waals surface area contributed by atoms with Gasteiger partial charge in [0.1, 0.15) is 5.82 Å². The third-order valence-corrected chi connectivity index (χ3v) is 5.42. The van der Waals surface area contributed by atoms with Crippen molar-refractivity contribution < 1.29 is 17.6 Å². The Balaban J connectivity index is 1.64. The molecule has 2 aromatic carbocycles. The molecule has 0 N–H and O–H groups in total. The second kappa shape index (κ2) is 6.84. The molecule has 1 aliphatic heterocycles. The SMILES string of the molecule is CS(=O)(=O)c1ccc(C(=O)N2CCN(c3ccc(F)cc3)CC2)cc1. The van der Waals surface area contributed by atoms with Gasteiger partial charge in [0.2, 0.25) is 0 Å². The molecule has 132 valence electrons. The van der Waals surface area contributed by atoms with Crippen molar-refractivity contribution in [3.8, 4) is 0 Å². The summed E-state index contributed by atoms with van der Waals surface area (Å²) in [6, 6.07) is 12.3. The van der Waals surface area contributed by atoms with Gasteiger partial charge >= 0.3 is 0 Å². The van der Waals surface area contributed by atoms with Crippen molar-refractivity contribution in [2.75, 3.05) is 37.3 Å². The van der Waals surface area contributed by atoms with Crippen LogP contribution in [0.4, 0.5) is 10.1 Å². The van der Waals surface area contributed by atoms with Crippen molar-refractivity contribution >= 4 is 21.4 Å². The number of nitrogens with zero attached hydrogens (tertiary/aromatic N) is 2. The first-order valence-corrected chi connectivity index (χ1v) is 9.84. The normalized spacial score (nSPS) is 15.3. The van der Waals surface area contributed by atoms with E-state index in [2.05, 4.69) is 4.90 Å². The number of hydrogen-bond donors (Lipinski definition) is 0. The van der Waals surface area contributed by atoms with Crippen LogP contribution in [0, 0.1) is 5.82 Å². The maximum atomic E-state index is 13.0. The number of carbonyl (C=O) groups is 1. The summed E-state index contributed by atoms with van der Waals surface area (Å²) in [5.74, 6) is -0.381. The lowest BCUT2D eigenvalue weighted by atomic mass is 10.1. The summed E-state index contributed by atoms with van der Waals surface area (Å²) >= 11 is 0. The van der Waals surface area contributed by atoms with Crippen molar-refractivity contribution in [1.29, 1.82) is 0 Å². The molecular weight excluding hydrogens is 343 g/mol. The number of piperazine rings is 1. The van der Waals surface area contributed by atoms with Gasteiger partial charge in [-0.2, -0.15) is 0 Å². The van der Waals surface area contributed by atoms with Crippen LogP contribution >= 0.6 is 0 Å². The molecule has 1 aliphatic rings. The lowest BCUT2D eigenvalue weighted by Gasteiger charge is -2.36. The van der Waals surface area contributed by atoms with E-state index >= 15 is 0 Å². The summed E-state index contributed by atoms with van der Waals surface area (Å²) < 4.78 is 36.0. The minimum Gasteiger partial charge on any atom is -0.368 e. The lowest BCUT2D eigenvalue weighted by Crippen LogP contribution is -2.48. The van der Waals surface area contributed by atoms with E-state index in [-0.39, 0.29) is 16.6 Å². The van der Waals surface area contributed by atoms with Gasteiger partial charge in [0.25, 0.3) is 5.91 Å². The fraction of sp³-hybridized carbons (Fsp3) is 0.278. The largest absolute Gasteiger partial charge is 0.368 e. The van der Waals surface area contributed by atoms with Crippen LogP contribution in [0.3, 0.4) is 0 Å². The van der Waals surface area contributed by atoms with Crippen LogP contribution < -0.4 is 4.90 Å². The first-order chi connectivity index (χ1) is 11.8. The maximum Gasteiger partial charge on any atom is 0.253 e. The molecule has 3 rings (SSSR count). The molecule has 25 heavy (non-hydrogen) atoms. The summed E-state index contributed by atoms with van der Waals surface area (Å²) in [7, 11) is -3.27. The highest BCUT2D eigenvalue weighted by Gasteiger charge is 2.22. The number of benzene rings is 2. The molecule has 0 spiro atoms. The molecule has 7 heteroatoms. The third-order valence-electron chi connectivity index (χ3n) is 4.29. The number of carbonyl (C=O) groups excluding carboxylic acids is 1. The van der Waals surface area contributed by atoms with Gasteiger partial charge in [-0.05, 0) is 48.5 Å². The molecule has 1 heterocycles. The molecule has 1 fully saturated rings. The van der Waals surface area contributed by atoms with E-state index in [1.807, 2.05) is 0 Å². The van der Waals surface area contributed by atoms with Gasteiger partial charge < -0.3 is 9.80 Å². The molecule has 2 aromatic rings. The van der Waals surface area contributed by atoms with Crippen molar-refractivity contribution in [3.63, 3.8) is 0 Å². The van der Waals surface area contributed by atoms with E-state index in [9.17, 15) is 17.6 Å². The Kier molecular flexibility index (Phi) is 4.76. The summed E-state index contributed by atoms with van der Waals surface area (Å²) in [6.07, 6.45) is 1.14. The monoisotopic (exact) mass is 362 g/mol. The van der Waals surface area contributed by atoms with Crippen LogP contribution in [0.1, 0.15) is 10.4 Å². The number of rotatable bonds is 3. The number of amides is 1. The van der Waals surface area contributed by atoms with Gasteiger partial charge in [0, 0.05) is 43.7 Å². The molecule has 5 nitrogen and oxygen atoms in total. The average molecular weight is 362 g/mol. The highest BCUT2D eigenvalue weighted by Crippen LogP contribution is 2.18. The van der Waals surface area contributed by atoms with Gasteiger partial charge in [-0.3, -0.25) is 4.79 Å².